The number of anilines is 1. The largest absolute Gasteiger partial charge is 0.369 e. The summed E-state index contributed by atoms with van der Waals surface area (Å²) in [6.07, 6.45) is 4.11. The van der Waals surface area contributed by atoms with Crippen molar-refractivity contribution in [1.29, 1.82) is 0 Å². The standard InChI is InChI=1S/C17H19BrN2O2/c1-17(2)11-7-8-12(17)14(13(11)15(19)21)16(22)20-10-5-3-9(18)4-6-10/h3-8,11-14H,1-2H3,(H2,19,21)(H,20,22). The Morgan fingerprint density at radius 1 is 1.09 bits per heavy atom. The second-order valence-electron chi connectivity index (χ2n) is 6.71. The minimum Gasteiger partial charge on any atom is -0.369 e. The van der Waals surface area contributed by atoms with Crippen LogP contribution in [0.3, 0.4) is 0 Å². The first-order chi connectivity index (χ1) is 10.3. The van der Waals surface area contributed by atoms with Gasteiger partial charge < -0.3 is 11.1 Å². The molecule has 1 saturated carbocycles. The van der Waals surface area contributed by atoms with Crippen LogP contribution in [-0.2, 0) is 9.59 Å². The van der Waals surface area contributed by atoms with Crippen LogP contribution in [0.15, 0.2) is 40.9 Å². The van der Waals surface area contributed by atoms with Crippen LogP contribution in [0, 0.1) is 29.1 Å². The van der Waals surface area contributed by atoms with Crippen molar-refractivity contribution in [3.8, 4) is 0 Å². The summed E-state index contributed by atoms with van der Waals surface area (Å²) in [4.78, 5) is 24.6. The van der Waals surface area contributed by atoms with Crippen LogP contribution in [0.1, 0.15) is 13.8 Å². The van der Waals surface area contributed by atoms with E-state index < -0.39 is 11.8 Å². The van der Waals surface area contributed by atoms with E-state index in [1.807, 2.05) is 30.3 Å². The van der Waals surface area contributed by atoms with Crippen LogP contribution < -0.4 is 11.1 Å². The van der Waals surface area contributed by atoms with Gasteiger partial charge in [-0.25, -0.2) is 0 Å². The van der Waals surface area contributed by atoms with Gasteiger partial charge in [0.25, 0.3) is 0 Å². The number of allylic oxidation sites excluding steroid dienone is 2. The summed E-state index contributed by atoms with van der Waals surface area (Å²) >= 11 is 3.36. The minimum atomic E-state index is -0.430. The second-order valence-corrected chi connectivity index (χ2v) is 7.62. The van der Waals surface area contributed by atoms with Gasteiger partial charge in [0.15, 0.2) is 0 Å². The summed E-state index contributed by atoms with van der Waals surface area (Å²) in [5.41, 5.74) is 6.20. The number of carbonyl (C=O) groups is 2. The number of rotatable bonds is 3. The minimum absolute atomic E-state index is 0.0377. The van der Waals surface area contributed by atoms with Gasteiger partial charge in [0.05, 0.1) is 11.8 Å². The third-order valence-corrected chi connectivity index (χ3v) is 5.68. The maximum atomic E-state index is 12.7. The smallest absolute Gasteiger partial charge is 0.228 e. The maximum absolute atomic E-state index is 12.7. The van der Waals surface area contributed by atoms with E-state index in [1.165, 1.54) is 0 Å². The third-order valence-electron chi connectivity index (χ3n) is 5.15. The lowest BCUT2D eigenvalue weighted by molar-refractivity contribution is -0.130. The van der Waals surface area contributed by atoms with Crippen molar-refractivity contribution in [2.24, 2.45) is 34.8 Å². The molecule has 2 amide bonds. The van der Waals surface area contributed by atoms with Crippen LogP contribution >= 0.6 is 15.9 Å². The molecule has 0 heterocycles. The number of hydrogen-bond acceptors (Lipinski definition) is 2. The Morgan fingerprint density at radius 2 is 1.64 bits per heavy atom. The van der Waals surface area contributed by atoms with Crippen LogP contribution in [0.4, 0.5) is 5.69 Å². The van der Waals surface area contributed by atoms with E-state index in [-0.39, 0.29) is 29.1 Å². The predicted molar refractivity (Wildman–Crippen MR) is 88.8 cm³/mol. The van der Waals surface area contributed by atoms with Crippen molar-refractivity contribution >= 4 is 33.4 Å². The number of halogens is 1. The number of amides is 2. The SMILES string of the molecule is CC1(C)C2C=CC1C(C(=O)Nc1ccc(Br)cc1)C2C(N)=O. The van der Waals surface area contributed by atoms with Gasteiger partial charge in [-0.15, -0.1) is 0 Å². The first-order valence-corrected chi connectivity index (χ1v) is 8.15. The Morgan fingerprint density at radius 3 is 2.18 bits per heavy atom. The molecule has 4 unspecified atom stereocenters. The molecule has 22 heavy (non-hydrogen) atoms. The molecular formula is C17H19BrN2O2. The molecule has 0 saturated heterocycles. The van der Waals surface area contributed by atoms with Crippen LogP contribution in [0.5, 0.6) is 0 Å². The van der Waals surface area contributed by atoms with Gasteiger partial charge in [-0.2, -0.15) is 0 Å². The Bertz CT molecular complexity index is 651. The van der Waals surface area contributed by atoms with Gasteiger partial charge in [0.1, 0.15) is 0 Å². The molecule has 0 aromatic heterocycles. The number of fused-ring (bicyclic) bond motifs is 2. The number of primary amides is 1. The summed E-state index contributed by atoms with van der Waals surface area (Å²) in [5.74, 6) is -1.26. The molecule has 5 heteroatoms. The zero-order valence-electron chi connectivity index (χ0n) is 12.5. The molecule has 3 rings (SSSR count). The summed E-state index contributed by atoms with van der Waals surface area (Å²) in [6, 6.07) is 7.39. The van der Waals surface area contributed by atoms with E-state index in [0.29, 0.717) is 0 Å². The lowest BCUT2D eigenvalue weighted by atomic mass is 9.79. The van der Waals surface area contributed by atoms with Gasteiger partial charge in [0.2, 0.25) is 11.8 Å². The highest BCUT2D eigenvalue weighted by molar-refractivity contribution is 9.10. The number of hydrogen-bond donors (Lipinski definition) is 2. The molecule has 2 aliphatic rings. The van der Waals surface area contributed by atoms with E-state index in [0.717, 1.165) is 10.2 Å². The molecule has 4 nitrogen and oxygen atoms in total. The molecule has 0 spiro atoms. The Kier molecular flexibility index (Phi) is 3.63. The molecule has 1 fully saturated rings. The quantitative estimate of drug-likeness (QED) is 0.811. The fourth-order valence-corrected chi connectivity index (χ4v) is 4.27. The molecule has 2 bridgehead atoms. The number of benzene rings is 1. The summed E-state index contributed by atoms with van der Waals surface area (Å²) < 4.78 is 0.949. The highest BCUT2D eigenvalue weighted by atomic mass is 79.9. The average Bonchev–Trinajstić information content (AvgIpc) is 2.87. The zero-order chi connectivity index (χ0) is 16.1. The van der Waals surface area contributed by atoms with Crippen molar-refractivity contribution < 1.29 is 9.59 Å². The Balaban J connectivity index is 1.86. The van der Waals surface area contributed by atoms with Gasteiger partial charge in [0, 0.05) is 10.2 Å². The van der Waals surface area contributed by atoms with Gasteiger partial charge in [-0.1, -0.05) is 41.9 Å². The summed E-state index contributed by atoms with van der Waals surface area (Å²) in [7, 11) is 0. The van der Waals surface area contributed by atoms with Crippen LogP contribution in [0.2, 0.25) is 0 Å². The fourth-order valence-electron chi connectivity index (χ4n) is 4.01. The van der Waals surface area contributed by atoms with Crippen molar-refractivity contribution in [2.45, 2.75) is 13.8 Å². The number of nitrogens with one attached hydrogen (secondary N) is 1. The van der Waals surface area contributed by atoms with Crippen LogP contribution in [-0.4, -0.2) is 11.8 Å². The van der Waals surface area contributed by atoms with E-state index in [2.05, 4.69) is 41.2 Å². The zero-order valence-corrected chi connectivity index (χ0v) is 14.1. The van der Waals surface area contributed by atoms with Crippen molar-refractivity contribution in [3.05, 3.63) is 40.9 Å². The Labute approximate surface area is 138 Å². The van der Waals surface area contributed by atoms with Crippen molar-refractivity contribution in [2.75, 3.05) is 5.32 Å². The molecule has 1 aromatic carbocycles. The summed E-state index contributed by atoms with van der Waals surface area (Å²) in [6.45, 7) is 4.20. The maximum Gasteiger partial charge on any atom is 0.228 e. The molecule has 0 radical (unpaired) electrons. The topological polar surface area (TPSA) is 72.2 Å². The molecule has 3 N–H and O–H groups in total. The Hall–Kier alpha value is -1.62. The number of nitrogens with two attached hydrogens (primary N) is 1. The highest BCUT2D eigenvalue weighted by Crippen LogP contribution is 2.59. The normalized spacial score (nSPS) is 31.2. The monoisotopic (exact) mass is 362 g/mol. The van der Waals surface area contributed by atoms with E-state index in [4.69, 9.17) is 5.73 Å². The van der Waals surface area contributed by atoms with Crippen molar-refractivity contribution in [3.63, 3.8) is 0 Å². The highest BCUT2D eigenvalue weighted by Gasteiger charge is 2.60. The first kappa shape index (κ1) is 15.3. The van der Waals surface area contributed by atoms with Crippen LogP contribution in [0.25, 0.3) is 0 Å². The first-order valence-electron chi connectivity index (χ1n) is 7.36. The van der Waals surface area contributed by atoms with E-state index >= 15 is 0 Å². The van der Waals surface area contributed by atoms with E-state index in [1.54, 1.807) is 0 Å². The lowest BCUT2D eigenvalue weighted by Crippen LogP contribution is -2.39. The molecule has 4 atom stereocenters. The molecule has 0 aliphatic heterocycles. The molecular weight excluding hydrogens is 344 g/mol. The molecule has 116 valence electrons. The number of carbonyl (C=O) groups excluding carboxylic acids is 2. The second kappa shape index (κ2) is 5.23. The van der Waals surface area contributed by atoms with E-state index in [9.17, 15) is 9.59 Å². The van der Waals surface area contributed by atoms with Gasteiger partial charge in [-0.05, 0) is 41.5 Å². The van der Waals surface area contributed by atoms with Crippen molar-refractivity contribution in [1.82, 2.24) is 0 Å². The summed E-state index contributed by atoms with van der Waals surface area (Å²) in [5, 5.41) is 2.92. The van der Waals surface area contributed by atoms with Gasteiger partial charge in [-0.3, -0.25) is 9.59 Å². The third kappa shape index (κ3) is 2.28. The molecule has 2 aliphatic carbocycles. The lowest BCUT2D eigenvalue weighted by Gasteiger charge is -2.25. The average molecular weight is 363 g/mol. The predicted octanol–water partition coefficient (Wildman–Crippen LogP) is 2.95. The van der Waals surface area contributed by atoms with Gasteiger partial charge >= 0.3 is 0 Å². The molecule has 1 aromatic rings. The fraction of sp³-hybridized carbons (Fsp3) is 0.412.